The largest absolute Gasteiger partial charge is 0.394 e. The molecule has 10 nitrogen and oxygen atoms in total. The number of benzene rings is 1. The third-order valence-electron chi connectivity index (χ3n) is 3.93. The van der Waals surface area contributed by atoms with Crippen molar-refractivity contribution in [1.29, 1.82) is 0 Å². The van der Waals surface area contributed by atoms with E-state index in [1.54, 1.807) is 24.3 Å². The second kappa shape index (κ2) is 7.91. The number of anilines is 3. The van der Waals surface area contributed by atoms with Crippen molar-refractivity contribution in [3.8, 4) is 0 Å². The Kier molecular flexibility index (Phi) is 5.61. The van der Waals surface area contributed by atoms with Crippen molar-refractivity contribution in [1.82, 2.24) is 20.3 Å². The third kappa shape index (κ3) is 4.85. The number of hydrogen-bond acceptors (Lipinski definition) is 9. The number of nitrogens with zero attached hydrogens (tertiary/aromatic N) is 4. The lowest BCUT2D eigenvalue weighted by Crippen LogP contribution is -2.53. The molecule has 0 spiro atoms. The summed E-state index contributed by atoms with van der Waals surface area (Å²) in [7, 11) is -3.60. The highest BCUT2D eigenvalue weighted by Gasteiger charge is 2.24. The van der Waals surface area contributed by atoms with Crippen LogP contribution in [0.5, 0.6) is 0 Å². The Labute approximate surface area is 151 Å². The number of nitrogens with one attached hydrogen (secondary N) is 2. The maximum absolute atomic E-state index is 11.2. The Bertz CT molecular complexity index is 862. The topological polar surface area (TPSA) is 146 Å². The van der Waals surface area contributed by atoms with E-state index in [4.69, 9.17) is 5.14 Å². The van der Waals surface area contributed by atoms with Gasteiger partial charge >= 0.3 is 0 Å². The van der Waals surface area contributed by atoms with E-state index in [0.717, 1.165) is 6.54 Å². The number of rotatable bonds is 6. The molecular formula is C15H21N7O3S. The average molecular weight is 379 g/mol. The van der Waals surface area contributed by atoms with Gasteiger partial charge in [-0.2, -0.15) is 4.98 Å². The first-order chi connectivity index (χ1) is 12.4. The molecule has 11 heteroatoms. The summed E-state index contributed by atoms with van der Waals surface area (Å²) in [5.41, 5.74) is 1.21. The summed E-state index contributed by atoms with van der Waals surface area (Å²) in [4.78, 5) is 14.6. The molecule has 0 saturated carbocycles. The van der Waals surface area contributed by atoms with Crippen LogP contribution in [0, 0.1) is 0 Å². The molecule has 140 valence electrons. The Hall–Kier alpha value is -2.34. The smallest absolute Gasteiger partial charge is 0.231 e. The number of nitrogens with two attached hydrogens (primary N) is 1. The van der Waals surface area contributed by atoms with Gasteiger partial charge in [-0.05, 0) is 17.7 Å². The Morgan fingerprint density at radius 1 is 1.38 bits per heavy atom. The Morgan fingerprint density at radius 3 is 3.00 bits per heavy atom. The van der Waals surface area contributed by atoms with E-state index in [-0.39, 0.29) is 18.4 Å². The molecule has 5 N–H and O–H groups in total. The van der Waals surface area contributed by atoms with Crippen LogP contribution in [0.3, 0.4) is 0 Å². The van der Waals surface area contributed by atoms with E-state index in [9.17, 15) is 13.5 Å². The van der Waals surface area contributed by atoms with Gasteiger partial charge in [0.1, 0.15) is 6.33 Å². The highest BCUT2D eigenvalue weighted by Crippen LogP contribution is 2.18. The van der Waals surface area contributed by atoms with Crippen molar-refractivity contribution in [3.63, 3.8) is 0 Å². The van der Waals surface area contributed by atoms with Gasteiger partial charge in [-0.1, -0.05) is 12.1 Å². The molecule has 1 aromatic carbocycles. The quantitative estimate of drug-likeness (QED) is 0.505. The molecule has 3 rings (SSSR count). The van der Waals surface area contributed by atoms with Crippen molar-refractivity contribution in [2.24, 2.45) is 5.14 Å². The van der Waals surface area contributed by atoms with Gasteiger partial charge in [0.15, 0.2) is 0 Å². The molecule has 0 amide bonds. The number of piperazine rings is 1. The fourth-order valence-electron chi connectivity index (χ4n) is 2.77. The molecule has 0 aliphatic carbocycles. The van der Waals surface area contributed by atoms with E-state index in [1.807, 2.05) is 4.90 Å². The summed E-state index contributed by atoms with van der Waals surface area (Å²) < 4.78 is 22.5. The first-order valence-corrected chi connectivity index (χ1v) is 9.80. The highest BCUT2D eigenvalue weighted by molar-refractivity contribution is 7.88. The van der Waals surface area contributed by atoms with E-state index >= 15 is 0 Å². The molecule has 1 aromatic heterocycles. The molecule has 1 saturated heterocycles. The van der Waals surface area contributed by atoms with E-state index in [0.29, 0.717) is 36.2 Å². The summed E-state index contributed by atoms with van der Waals surface area (Å²) in [6.07, 6.45) is 1.40. The van der Waals surface area contributed by atoms with Crippen LogP contribution in [0.4, 0.5) is 17.6 Å². The molecule has 1 aliphatic heterocycles. The molecule has 1 fully saturated rings. The SMILES string of the molecule is NS(=O)(=O)Cc1cccc(Nc2ncnc(N3CCNCC3CO)n2)c1. The van der Waals surface area contributed by atoms with Gasteiger partial charge in [-0.25, -0.2) is 23.5 Å². The minimum Gasteiger partial charge on any atom is -0.394 e. The van der Waals surface area contributed by atoms with Crippen molar-refractivity contribution >= 4 is 27.6 Å². The first kappa shape index (κ1) is 18.5. The zero-order chi connectivity index (χ0) is 18.6. The Balaban J connectivity index is 1.78. The third-order valence-corrected chi connectivity index (χ3v) is 4.66. The Morgan fingerprint density at radius 2 is 2.23 bits per heavy atom. The lowest BCUT2D eigenvalue weighted by atomic mass is 10.2. The van der Waals surface area contributed by atoms with Crippen LogP contribution < -0.4 is 20.7 Å². The van der Waals surface area contributed by atoms with Gasteiger partial charge in [0.05, 0.1) is 18.4 Å². The predicted molar refractivity (Wildman–Crippen MR) is 97.5 cm³/mol. The highest BCUT2D eigenvalue weighted by atomic mass is 32.2. The van der Waals surface area contributed by atoms with Gasteiger partial charge in [0, 0.05) is 25.3 Å². The molecule has 0 bridgehead atoms. The normalized spacial score (nSPS) is 17.9. The maximum atomic E-state index is 11.2. The van der Waals surface area contributed by atoms with Crippen LogP contribution in [-0.4, -0.2) is 60.8 Å². The predicted octanol–water partition coefficient (Wildman–Crippen LogP) is -0.826. The second-order valence-electron chi connectivity index (χ2n) is 5.98. The summed E-state index contributed by atoms with van der Waals surface area (Å²) in [5, 5.41) is 20.9. The van der Waals surface area contributed by atoms with Gasteiger partial charge in [-0.15, -0.1) is 0 Å². The average Bonchev–Trinajstić information content (AvgIpc) is 2.61. The minimum absolute atomic E-state index is 0.00292. The summed E-state index contributed by atoms with van der Waals surface area (Å²) >= 11 is 0. The zero-order valence-electron chi connectivity index (χ0n) is 14.0. The lowest BCUT2D eigenvalue weighted by Gasteiger charge is -2.34. The summed E-state index contributed by atoms with van der Waals surface area (Å²) in [5.74, 6) is 0.561. The summed E-state index contributed by atoms with van der Waals surface area (Å²) in [6, 6.07) is 6.76. The van der Waals surface area contributed by atoms with Crippen LogP contribution in [0.25, 0.3) is 0 Å². The number of aliphatic hydroxyl groups is 1. The van der Waals surface area contributed by atoms with Crippen molar-refractivity contribution in [3.05, 3.63) is 36.2 Å². The molecule has 1 aliphatic rings. The monoisotopic (exact) mass is 379 g/mol. The molecule has 2 aromatic rings. The molecule has 0 radical (unpaired) electrons. The fourth-order valence-corrected chi connectivity index (χ4v) is 3.42. The standard InChI is InChI=1S/C15H21N7O3S/c16-26(24,25)9-11-2-1-3-12(6-11)20-14-18-10-19-15(21-14)22-5-4-17-7-13(22)8-23/h1-3,6,10,13,17,23H,4-5,7-9H2,(H2,16,24,25)(H,18,19,20,21). The molecular weight excluding hydrogens is 358 g/mol. The van der Waals surface area contributed by atoms with Crippen LogP contribution in [0.1, 0.15) is 5.56 Å². The van der Waals surface area contributed by atoms with Crippen molar-refractivity contribution < 1.29 is 13.5 Å². The lowest BCUT2D eigenvalue weighted by molar-refractivity contribution is 0.245. The molecule has 1 atom stereocenters. The zero-order valence-corrected chi connectivity index (χ0v) is 14.9. The van der Waals surface area contributed by atoms with Crippen molar-refractivity contribution in [2.45, 2.75) is 11.8 Å². The van der Waals surface area contributed by atoms with E-state index in [1.165, 1.54) is 6.33 Å². The van der Waals surface area contributed by atoms with Crippen LogP contribution in [0.2, 0.25) is 0 Å². The van der Waals surface area contributed by atoms with Crippen LogP contribution >= 0.6 is 0 Å². The van der Waals surface area contributed by atoms with E-state index in [2.05, 4.69) is 25.6 Å². The van der Waals surface area contributed by atoms with Crippen molar-refractivity contribution in [2.75, 3.05) is 36.5 Å². The number of hydrogen-bond donors (Lipinski definition) is 4. The molecule has 1 unspecified atom stereocenters. The first-order valence-electron chi connectivity index (χ1n) is 8.08. The minimum atomic E-state index is -3.60. The van der Waals surface area contributed by atoms with Crippen LogP contribution in [0.15, 0.2) is 30.6 Å². The van der Waals surface area contributed by atoms with E-state index < -0.39 is 10.0 Å². The number of primary sulfonamides is 1. The van der Waals surface area contributed by atoms with Gasteiger partial charge in [-0.3, -0.25) is 0 Å². The summed E-state index contributed by atoms with van der Waals surface area (Å²) in [6.45, 7) is 2.11. The number of sulfonamides is 1. The van der Waals surface area contributed by atoms with Gasteiger partial charge < -0.3 is 20.6 Å². The van der Waals surface area contributed by atoms with Gasteiger partial charge in [0.25, 0.3) is 0 Å². The molecule has 2 heterocycles. The second-order valence-corrected chi connectivity index (χ2v) is 7.59. The number of aliphatic hydroxyl groups excluding tert-OH is 1. The molecule has 26 heavy (non-hydrogen) atoms. The maximum Gasteiger partial charge on any atom is 0.231 e. The number of aromatic nitrogens is 3. The van der Waals surface area contributed by atoms with Crippen LogP contribution in [-0.2, 0) is 15.8 Å². The van der Waals surface area contributed by atoms with Gasteiger partial charge in [0.2, 0.25) is 21.9 Å². The fraction of sp³-hybridized carbons (Fsp3) is 0.400.